The molecule has 0 bridgehead atoms. The summed E-state index contributed by atoms with van der Waals surface area (Å²) in [6.07, 6.45) is 2.00. The summed E-state index contributed by atoms with van der Waals surface area (Å²) < 4.78 is 4.72. The lowest BCUT2D eigenvalue weighted by molar-refractivity contribution is 0.0724. The van der Waals surface area contributed by atoms with Crippen molar-refractivity contribution in [3.05, 3.63) is 12.8 Å². The Morgan fingerprint density at radius 3 is 2.80 bits per heavy atom. The molecule has 1 unspecified atom stereocenters. The minimum atomic E-state index is -0.481. The van der Waals surface area contributed by atoms with Crippen LogP contribution in [0.4, 0.5) is 0 Å². The third-order valence-electron chi connectivity index (χ3n) is 1.10. The molecule has 0 aliphatic heterocycles. The Kier molecular flexibility index (Phi) is 6.22. The molecule has 10 heavy (non-hydrogen) atoms. The molecule has 0 spiro atoms. The van der Waals surface area contributed by atoms with E-state index in [0.29, 0.717) is 12.8 Å². The number of aliphatic hydroxyl groups excluding tert-OH is 2. The largest absolute Gasteiger partial charge is 0.499 e. The summed E-state index contributed by atoms with van der Waals surface area (Å²) in [5, 5.41) is 17.4. The summed E-state index contributed by atoms with van der Waals surface area (Å²) in [6, 6.07) is 0. The average Bonchev–Trinajstić information content (AvgIpc) is 1.97. The van der Waals surface area contributed by atoms with Gasteiger partial charge >= 0.3 is 0 Å². The van der Waals surface area contributed by atoms with E-state index < -0.39 is 6.10 Å². The molecule has 0 fully saturated rings. The molecule has 0 saturated heterocycles. The first-order chi connectivity index (χ1) is 4.81. The Bertz CT molecular complexity index is 82.9. The van der Waals surface area contributed by atoms with Crippen LogP contribution in [0.15, 0.2) is 12.8 Å². The molecule has 0 aromatic heterocycles. The first-order valence-corrected chi connectivity index (χ1v) is 3.32. The van der Waals surface area contributed by atoms with Crippen molar-refractivity contribution < 1.29 is 14.9 Å². The van der Waals surface area contributed by atoms with Gasteiger partial charge in [0.2, 0.25) is 0 Å². The van der Waals surface area contributed by atoms with Crippen LogP contribution in [0.3, 0.4) is 0 Å². The van der Waals surface area contributed by atoms with Crippen molar-refractivity contribution in [2.45, 2.75) is 18.9 Å². The molecular formula is C7H14O3. The van der Waals surface area contributed by atoms with E-state index in [-0.39, 0.29) is 13.2 Å². The fourth-order valence-electron chi connectivity index (χ4n) is 0.589. The highest BCUT2D eigenvalue weighted by Crippen LogP contribution is 1.96. The Morgan fingerprint density at radius 1 is 1.60 bits per heavy atom. The third-order valence-corrected chi connectivity index (χ3v) is 1.10. The Morgan fingerprint density at radius 2 is 2.30 bits per heavy atom. The number of aliphatic hydroxyl groups is 2. The molecule has 0 aromatic carbocycles. The summed E-state index contributed by atoms with van der Waals surface area (Å²) in [6.45, 7) is 3.71. The standard InChI is InChI=1S/C7H14O3/c1-2-10-6-7(9)4-3-5-8/h2,7-9H,1,3-6H2. The topological polar surface area (TPSA) is 49.7 Å². The minimum Gasteiger partial charge on any atom is -0.499 e. The van der Waals surface area contributed by atoms with Crippen LogP contribution in [0.1, 0.15) is 12.8 Å². The fraction of sp³-hybridized carbons (Fsp3) is 0.714. The summed E-state index contributed by atoms with van der Waals surface area (Å²) in [4.78, 5) is 0. The lowest BCUT2D eigenvalue weighted by Crippen LogP contribution is -2.13. The zero-order chi connectivity index (χ0) is 7.82. The van der Waals surface area contributed by atoms with Gasteiger partial charge in [-0.3, -0.25) is 0 Å². The number of hydrogen-bond donors (Lipinski definition) is 2. The Balaban J connectivity index is 3.07. The van der Waals surface area contributed by atoms with Crippen molar-refractivity contribution in [2.75, 3.05) is 13.2 Å². The summed E-state index contributed by atoms with van der Waals surface area (Å²) >= 11 is 0. The zero-order valence-corrected chi connectivity index (χ0v) is 5.99. The van der Waals surface area contributed by atoms with E-state index in [1.807, 2.05) is 0 Å². The SMILES string of the molecule is C=COCC(O)CCCO. The van der Waals surface area contributed by atoms with E-state index in [1.54, 1.807) is 0 Å². The first-order valence-electron chi connectivity index (χ1n) is 3.32. The number of hydrogen-bond acceptors (Lipinski definition) is 3. The molecule has 60 valence electrons. The predicted molar refractivity (Wildman–Crippen MR) is 38.5 cm³/mol. The van der Waals surface area contributed by atoms with Crippen LogP contribution in [0.25, 0.3) is 0 Å². The highest BCUT2D eigenvalue weighted by Gasteiger charge is 2.01. The first kappa shape index (κ1) is 9.46. The van der Waals surface area contributed by atoms with Crippen molar-refractivity contribution in [1.82, 2.24) is 0 Å². The van der Waals surface area contributed by atoms with Gasteiger partial charge in [0, 0.05) is 6.61 Å². The van der Waals surface area contributed by atoms with Crippen LogP contribution >= 0.6 is 0 Å². The van der Waals surface area contributed by atoms with Gasteiger partial charge in [0.15, 0.2) is 0 Å². The number of rotatable bonds is 6. The monoisotopic (exact) mass is 146 g/mol. The lowest BCUT2D eigenvalue weighted by atomic mass is 10.2. The molecule has 0 aliphatic carbocycles. The van der Waals surface area contributed by atoms with Crippen molar-refractivity contribution in [3.63, 3.8) is 0 Å². The second kappa shape index (κ2) is 6.58. The van der Waals surface area contributed by atoms with E-state index in [4.69, 9.17) is 14.9 Å². The van der Waals surface area contributed by atoms with Gasteiger partial charge in [-0.2, -0.15) is 0 Å². The van der Waals surface area contributed by atoms with E-state index >= 15 is 0 Å². The van der Waals surface area contributed by atoms with E-state index in [0.717, 1.165) is 0 Å². The van der Waals surface area contributed by atoms with Crippen LogP contribution in [0.2, 0.25) is 0 Å². The Labute approximate surface area is 60.9 Å². The predicted octanol–water partition coefficient (Wildman–Crippen LogP) is 0.280. The molecule has 0 heterocycles. The molecule has 3 nitrogen and oxygen atoms in total. The normalized spacial score (nSPS) is 12.6. The molecule has 2 N–H and O–H groups in total. The molecule has 0 aromatic rings. The maximum absolute atomic E-state index is 9.03. The van der Waals surface area contributed by atoms with Crippen molar-refractivity contribution in [1.29, 1.82) is 0 Å². The van der Waals surface area contributed by atoms with Crippen LogP contribution in [0, 0.1) is 0 Å². The van der Waals surface area contributed by atoms with Crippen molar-refractivity contribution in [2.24, 2.45) is 0 Å². The van der Waals surface area contributed by atoms with Gasteiger partial charge in [0.05, 0.1) is 12.4 Å². The van der Waals surface area contributed by atoms with E-state index in [9.17, 15) is 0 Å². The second-order valence-electron chi connectivity index (χ2n) is 2.02. The molecule has 0 amide bonds. The lowest BCUT2D eigenvalue weighted by Gasteiger charge is -2.07. The maximum atomic E-state index is 9.03. The average molecular weight is 146 g/mol. The van der Waals surface area contributed by atoms with Crippen LogP contribution in [0.5, 0.6) is 0 Å². The van der Waals surface area contributed by atoms with Crippen molar-refractivity contribution in [3.8, 4) is 0 Å². The van der Waals surface area contributed by atoms with Gasteiger partial charge in [-0.15, -0.1) is 0 Å². The Hall–Kier alpha value is -0.540. The summed E-state index contributed by atoms with van der Waals surface area (Å²) in [5.41, 5.74) is 0. The van der Waals surface area contributed by atoms with E-state index in [1.165, 1.54) is 6.26 Å². The minimum absolute atomic E-state index is 0.116. The van der Waals surface area contributed by atoms with Gasteiger partial charge in [-0.1, -0.05) is 6.58 Å². The van der Waals surface area contributed by atoms with Gasteiger partial charge in [0.1, 0.15) is 6.61 Å². The molecule has 0 radical (unpaired) electrons. The van der Waals surface area contributed by atoms with Crippen LogP contribution < -0.4 is 0 Å². The van der Waals surface area contributed by atoms with Gasteiger partial charge < -0.3 is 14.9 Å². The van der Waals surface area contributed by atoms with Crippen LogP contribution in [-0.4, -0.2) is 29.5 Å². The summed E-state index contributed by atoms with van der Waals surface area (Å²) in [7, 11) is 0. The second-order valence-corrected chi connectivity index (χ2v) is 2.02. The van der Waals surface area contributed by atoms with Gasteiger partial charge in [0.25, 0.3) is 0 Å². The molecule has 1 atom stereocenters. The van der Waals surface area contributed by atoms with E-state index in [2.05, 4.69) is 6.58 Å². The van der Waals surface area contributed by atoms with Gasteiger partial charge in [-0.25, -0.2) is 0 Å². The smallest absolute Gasteiger partial charge is 0.113 e. The fourth-order valence-corrected chi connectivity index (χ4v) is 0.589. The molecule has 0 aliphatic rings. The van der Waals surface area contributed by atoms with Crippen LogP contribution in [-0.2, 0) is 4.74 Å². The number of ether oxygens (including phenoxy) is 1. The zero-order valence-electron chi connectivity index (χ0n) is 5.99. The molecule has 0 rings (SSSR count). The van der Waals surface area contributed by atoms with Gasteiger partial charge in [-0.05, 0) is 12.8 Å². The quantitative estimate of drug-likeness (QED) is 0.529. The molecule has 0 saturated carbocycles. The highest BCUT2D eigenvalue weighted by atomic mass is 16.5. The molecule has 3 heteroatoms. The third kappa shape index (κ3) is 5.59. The van der Waals surface area contributed by atoms with Crippen molar-refractivity contribution >= 4 is 0 Å². The highest BCUT2D eigenvalue weighted by molar-refractivity contribution is 4.56. The maximum Gasteiger partial charge on any atom is 0.113 e. The summed E-state index contributed by atoms with van der Waals surface area (Å²) in [5.74, 6) is 0. The molecular weight excluding hydrogens is 132 g/mol.